The number of aromatic hydroxyl groups is 5. The van der Waals surface area contributed by atoms with Crippen LogP contribution >= 0.6 is 0 Å². The molecule has 6 aromatic rings. The van der Waals surface area contributed by atoms with Gasteiger partial charge in [0.15, 0.2) is 0 Å². The number of hydrogen-bond donors (Lipinski definition) is 13. The van der Waals surface area contributed by atoms with E-state index in [2.05, 4.69) is 0 Å². The zero-order valence-electron chi connectivity index (χ0n) is 38.4. The van der Waals surface area contributed by atoms with E-state index in [1.807, 2.05) is 0 Å². The Morgan fingerprint density at radius 2 is 0.904 bits per heavy atom. The van der Waals surface area contributed by atoms with Gasteiger partial charge in [-0.2, -0.15) is 0 Å². The minimum atomic E-state index is -1.78. The largest absolute Gasteiger partial charge is 0.508 e. The zero-order chi connectivity index (χ0) is 51.4. The van der Waals surface area contributed by atoms with Crippen LogP contribution < -0.4 is 18.9 Å². The fraction of sp³-hybridized carbons (Fsp3) is 0.296. The van der Waals surface area contributed by atoms with Gasteiger partial charge in [0.25, 0.3) is 0 Å². The minimum absolute atomic E-state index is 0.0269. The van der Waals surface area contributed by atoms with E-state index >= 15 is 0 Å². The Morgan fingerprint density at radius 1 is 0.425 bits per heavy atom. The van der Waals surface area contributed by atoms with Crippen molar-refractivity contribution in [1.29, 1.82) is 0 Å². The Hall–Kier alpha value is -7.14. The van der Waals surface area contributed by atoms with Crippen LogP contribution in [0.25, 0.3) is 12.2 Å². The molecular formula is C54H52O19. The third-order valence-electron chi connectivity index (χ3n) is 13.6. The first-order valence-corrected chi connectivity index (χ1v) is 23.3. The maximum Gasteiger partial charge on any atom is 0.229 e. The number of phenolic OH excluding ortho intramolecular Hbond substituents is 5. The van der Waals surface area contributed by atoms with Gasteiger partial charge >= 0.3 is 0 Å². The van der Waals surface area contributed by atoms with Crippen LogP contribution in [-0.4, -0.2) is 141 Å². The molecule has 4 aliphatic heterocycles. The second-order valence-corrected chi connectivity index (χ2v) is 18.4. The average Bonchev–Trinajstić information content (AvgIpc) is 3.96. The number of phenols is 5. The van der Waals surface area contributed by atoms with Crippen molar-refractivity contribution in [2.45, 2.75) is 85.5 Å². The van der Waals surface area contributed by atoms with Crippen molar-refractivity contribution in [2.24, 2.45) is 0 Å². The lowest BCUT2D eigenvalue weighted by molar-refractivity contribution is -0.277. The summed E-state index contributed by atoms with van der Waals surface area (Å²) in [5.41, 5.74) is 4.14. The van der Waals surface area contributed by atoms with Crippen molar-refractivity contribution in [3.05, 3.63) is 160 Å². The standard InChI is InChI=1S/C54H52O19/c55-22-39-45(62)47(64)49(66)53(72-39)68-34-17-28(15-32(60)18-34)42-43-36(19-33(61)20-37(43)70-51(42)25-5-11-30(58)12-6-25)44-41-27(4-1-24-2-9-29(57)10-3-24)16-35(69-54-50(67)48(65)46(63)40(23-56)73-54)21-38(41)71-52(44)26-7-13-31(59)14-8-26/h1-21,39-40,42,44-67H,22-23H2. The first kappa shape index (κ1) is 49.4. The molecule has 13 N–H and O–H groups in total. The molecule has 19 nitrogen and oxygen atoms in total. The summed E-state index contributed by atoms with van der Waals surface area (Å²) in [5.74, 6) is -1.80. The van der Waals surface area contributed by atoms with E-state index in [0.29, 0.717) is 44.5 Å². The van der Waals surface area contributed by atoms with E-state index in [4.69, 9.17) is 28.4 Å². The Morgan fingerprint density at radius 3 is 1.44 bits per heavy atom. The molecule has 382 valence electrons. The van der Waals surface area contributed by atoms with Gasteiger partial charge in [-0.15, -0.1) is 0 Å². The fourth-order valence-electron chi connectivity index (χ4n) is 10.0. The van der Waals surface area contributed by atoms with Crippen LogP contribution in [0.2, 0.25) is 0 Å². The molecule has 6 aromatic carbocycles. The number of aliphatic hydroxyl groups is 8. The molecule has 0 amide bonds. The minimum Gasteiger partial charge on any atom is -0.508 e. The summed E-state index contributed by atoms with van der Waals surface area (Å²) in [6.45, 7) is -1.41. The highest BCUT2D eigenvalue weighted by atomic mass is 16.7. The lowest BCUT2D eigenvalue weighted by atomic mass is 9.75. The number of benzene rings is 6. The molecule has 73 heavy (non-hydrogen) atoms. The summed E-state index contributed by atoms with van der Waals surface area (Å²) in [6, 6.07) is 29.4. The first-order chi connectivity index (χ1) is 35.1. The van der Waals surface area contributed by atoms with E-state index in [1.165, 1.54) is 60.7 Å². The molecule has 2 saturated heterocycles. The lowest BCUT2D eigenvalue weighted by Crippen LogP contribution is -2.60. The van der Waals surface area contributed by atoms with Gasteiger partial charge in [0.1, 0.15) is 113 Å². The summed E-state index contributed by atoms with van der Waals surface area (Å²) in [5, 5.41) is 138. The van der Waals surface area contributed by atoms with Gasteiger partial charge in [-0.25, -0.2) is 0 Å². The van der Waals surface area contributed by atoms with Gasteiger partial charge in [-0.3, -0.25) is 0 Å². The monoisotopic (exact) mass is 1000 g/mol. The maximum absolute atomic E-state index is 11.7. The molecular weight excluding hydrogens is 953 g/mol. The summed E-state index contributed by atoms with van der Waals surface area (Å²) in [7, 11) is 0. The molecule has 2 fully saturated rings. The molecule has 0 spiro atoms. The Kier molecular flexibility index (Phi) is 13.6. The highest BCUT2D eigenvalue weighted by Gasteiger charge is 2.49. The molecule has 0 radical (unpaired) electrons. The van der Waals surface area contributed by atoms with Crippen molar-refractivity contribution in [3.8, 4) is 51.7 Å². The molecule has 4 aliphatic rings. The third-order valence-corrected chi connectivity index (χ3v) is 13.6. The Balaban J connectivity index is 1.16. The van der Waals surface area contributed by atoms with E-state index < -0.39 is 98.7 Å². The molecule has 10 rings (SSSR count). The van der Waals surface area contributed by atoms with Crippen molar-refractivity contribution in [2.75, 3.05) is 13.2 Å². The third kappa shape index (κ3) is 9.55. The molecule has 19 heteroatoms. The molecule has 14 atom stereocenters. The fourth-order valence-corrected chi connectivity index (χ4v) is 10.0. The number of rotatable bonds is 12. The molecule has 0 aliphatic carbocycles. The van der Waals surface area contributed by atoms with Crippen molar-refractivity contribution in [3.63, 3.8) is 0 Å². The number of fused-ring (bicyclic) bond motifs is 2. The van der Waals surface area contributed by atoms with E-state index in [0.717, 1.165) is 0 Å². The predicted octanol–water partition coefficient (Wildman–Crippen LogP) is 3.27. The molecule has 0 bridgehead atoms. The molecule has 4 heterocycles. The quantitative estimate of drug-likeness (QED) is 0.0783. The van der Waals surface area contributed by atoms with Crippen LogP contribution in [-0.2, 0) is 9.47 Å². The van der Waals surface area contributed by atoms with Crippen LogP contribution in [0, 0.1) is 0 Å². The van der Waals surface area contributed by atoms with E-state index in [1.54, 1.807) is 66.7 Å². The highest BCUT2D eigenvalue weighted by molar-refractivity contribution is 5.76. The smallest absolute Gasteiger partial charge is 0.229 e. The topological polar surface area (TPSA) is 318 Å². The van der Waals surface area contributed by atoms with Crippen molar-refractivity contribution >= 4 is 12.2 Å². The zero-order valence-corrected chi connectivity index (χ0v) is 38.4. The van der Waals surface area contributed by atoms with Gasteiger partial charge in [0.05, 0.1) is 25.0 Å². The van der Waals surface area contributed by atoms with Crippen LogP contribution in [0.5, 0.6) is 51.7 Å². The predicted molar refractivity (Wildman–Crippen MR) is 255 cm³/mol. The summed E-state index contributed by atoms with van der Waals surface area (Å²) in [4.78, 5) is 0. The first-order valence-electron chi connectivity index (χ1n) is 23.3. The normalized spacial score (nSPS) is 29.5. The van der Waals surface area contributed by atoms with Gasteiger partial charge < -0.3 is 94.8 Å². The number of aliphatic hydroxyl groups excluding tert-OH is 8. The highest BCUT2D eigenvalue weighted by Crippen LogP contribution is 2.60. The maximum atomic E-state index is 11.7. The van der Waals surface area contributed by atoms with Gasteiger partial charge in [-0.1, -0.05) is 48.6 Å². The van der Waals surface area contributed by atoms with Crippen molar-refractivity contribution < 1.29 is 94.8 Å². The SMILES string of the molecule is OCC1OC(Oc2cc(O)cc(C3c4c(cc(O)cc4C4c5c(C=Cc6ccc(O)cc6)cc(OC6OC(CO)C(O)C(O)C6O)cc5OC4c4ccc(O)cc4)OC3c3ccc(O)cc3)c2)C(O)C(O)C1O. The second-order valence-electron chi connectivity index (χ2n) is 18.4. The van der Waals surface area contributed by atoms with E-state index in [9.17, 15) is 66.4 Å². The molecule has 0 saturated carbocycles. The van der Waals surface area contributed by atoms with E-state index in [-0.39, 0.29) is 51.7 Å². The number of hydrogen-bond acceptors (Lipinski definition) is 19. The van der Waals surface area contributed by atoms with Crippen LogP contribution in [0.4, 0.5) is 0 Å². The average molecular weight is 1000 g/mol. The Bertz CT molecular complexity index is 2960. The molecule has 14 unspecified atom stereocenters. The van der Waals surface area contributed by atoms with Gasteiger partial charge in [0.2, 0.25) is 12.6 Å². The summed E-state index contributed by atoms with van der Waals surface area (Å²) in [6.07, 6.45) is -14.4. The second kappa shape index (κ2) is 20.0. The lowest BCUT2D eigenvalue weighted by Gasteiger charge is -2.39. The van der Waals surface area contributed by atoms with Crippen LogP contribution in [0.15, 0.2) is 115 Å². The summed E-state index contributed by atoms with van der Waals surface area (Å²) < 4.78 is 37.3. The van der Waals surface area contributed by atoms with Crippen LogP contribution in [0.3, 0.4) is 0 Å². The van der Waals surface area contributed by atoms with Gasteiger partial charge in [0, 0.05) is 29.3 Å². The summed E-state index contributed by atoms with van der Waals surface area (Å²) >= 11 is 0. The number of ether oxygens (including phenoxy) is 6. The van der Waals surface area contributed by atoms with Crippen LogP contribution in [0.1, 0.15) is 68.6 Å². The molecule has 0 aromatic heterocycles. The Labute approximate surface area is 416 Å². The van der Waals surface area contributed by atoms with Crippen molar-refractivity contribution in [1.82, 2.24) is 0 Å². The van der Waals surface area contributed by atoms with Gasteiger partial charge in [-0.05, 0) is 94.0 Å².